The van der Waals surface area contributed by atoms with E-state index < -0.39 is 0 Å². The third-order valence-electron chi connectivity index (χ3n) is 2.99. The maximum absolute atomic E-state index is 12.8. The van der Waals surface area contributed by atoms with Gasteiger partial charge in [-0.3, -0.25) is 4.79 Å². The van der Waals surface area contributed by atoms with Crippen LogP contribution in [0.15, 0.2) is 47.5 Å². The van der Waals surface area contributed by atoms with Crippen LogP contribution < -0.4 is 10.1 Å². The molecular formula is C17H19FN2O2S. The van der Waals surface area contributed by atoms with Crippen molar-refractivity contribution in [2.24, 2.45) is 0 Å². The molecule has 2 aromatic rings. The molecule has 6 heteroatoms. The predicted octanol–water partition coefficient (Wildman–Crippen LogP) is 3.53. The summed E-state index contributed by atoms with van der Waals surface area (Å²) in [5.74, 6) is 0.779. The Bertz CT molecular complexity index is 635. The Hall–Kier alpha value is -2.08. The molecule has 1 aromatic heterocycles. The summed E-state index contributed by atoms with van der Waals surface area (Å²) in [6.07, 6.45) is 2.42. The van der Waals surface area contributed by atoms with Gasteiger partial charge in [0.1, 0.15) is 11.4 Å². The second-order valence-electron chi connectivity index (χ2n) is 4.70. The van der Waals surface area contributed by atoms with Gasteiger partial charge in [-0.2, -0.15) is 0 Å². The van der Waals surface area contributed by atoms with E-state index in [1.165, 1.54) is 12.1 Å². The average Bonchev–Trinajstić information content (AvgIpc) is 2.57. The minimum absolute atomic E-state index is 0.187. The van der Waals surface area contributed by atoms with E-state index in [9.17, 15) is 9.18 Å². The molecular weight excluding hydrogens is 315 g/mol. The summed E-state index contributed by atoms with van der Waals surface area (Å²) < 4.78 is 18.1. The molecule has 0 saturated carbocycles. The second kappa shape index (κ2) is 9.15. The number of hydrogen-bond donors (Lipinski definition) is 1. The van der Waals surface area contributed by atoms with E-state index in [4.69, 9.17) is 4.74 Å². The van der Waals surface area contributed by atoms with Crippen molar-refractivity contribution >= 4 is 17.7 Å². The molecule has 0 aliphatic carbocycles. The van der Waals surface area contributed by atoms with E-state index in [2.05, 4.69) is 10.3 Å². The molecule has 0 saturated heterocycles. The molecule has 0 bridgehead atoms. The van der Waals surface area contributed by atoms with E-state index >= 15 is 0 Å². The fraction of sp³-hybridized carbons (Fsp3) is 0.294. The highest BCUT2D eigenvalue weighted by molar-refractivity contribution is 7.99. The minimum Gasteiger partial charge on any atom is -0.477 e. The first-order valence-corrected chi connectivity index (χ1v) is 8.43. The van der Waals surface area contributed by atoms with Crippen molar-refractivity contribution in [2.75, 3.05) is 18.9 Å². The van der Waals surface area contributed by atoms with Gasteiger partial charge in [-0.1, -0.05) is 0 Å². The third-order valence-corrected chi connectivity index (χ3v) is 4.08. The number of carbonyl (C=O) groups is 1. The third kappa shape index (κ3) is 5.56. The number of amides is 1. The van der Waals surface area contributed by atoms with Crippen molar-refractivity contribution in [3.8, 4) is 5.88 Å². The van der Waals surface area contributed by atoms with Crippen LogP contribution in [0.3, 0.4) is 0 Å². The molecule has 1 N–H and O–H groups in total. The van der Waals surface area contributed by atoms with Gasteiger partial charge in [-0.25, -0.2) is 9.37 Å². The van der Waals surface area contributed by atoms with Gasteiger partial charge < -0.3 is 10.1 Å². The van der Waals surface area contributed by atoms with Crippen LogP contribution in [0.4, 0.5) is 4.39 Å². The normalized spacial score (nSPS) is 10.3. The number of halogens is 1. The van der Waals surface area contributed by atoms with E-state index in [-0.39, 0.29) is 11.7 Å². The first-order valence-electron chi connectivity index (χ1n) is 7.45. The van der Waals surface area contributed by atoms with Crippen molar-refractivity contribution in [3.05, 3.63) is 54.0 Å². The van der Waals surface area contributed by atoms with Crippen LogP contribution in [0.5, 0.6) is 5.88 Å². The minimum atomic E-state index is -0.233. The summed E-state index contributed by atoms with van der Waals surface area (Å²) in [7, 11) is 0. The SMILES string of the molecule is CCOc1ncccc1C(=O)NCCCSc1ccc(F)cc1. The topological polar surface area (TPSA) is 51.2 Å². The molecule has 0 fully saturated rings. The molecule has 0 aliphatic rings. The largest absolute Gasteiger partial charge is 0.477 e. The van der Waals surface area contributed by atoms with E-state index in [0.717, 1.165) is 17.1 Å². The number of aromatic nitrogens is 1. The highest BCUT2D eigenvalue weighted by Gasteiger charge is 2.12. The van der Waals surface area contributed by atoms with Crippen molar-refractivity contribution in [3.63, 3.8) is 0 Å². The Morgan fingerprint density at radius 1 is 1.30 bits per heavy atom. The summed E-state index contributed by atoms with van der Waals surface area (Å²) in [6, 6.07) is 9.80. The molecule has 4 nitrogen and oxygen atoms in total. The zero-order valence-electron chi connectivity index (χ0n) is 12.9. The Morgan fingerprint density at radius 3 is 2.83 bits per heavy atom. The fourth-order valence-electron chi connectivity index (χ4n) is 1.91. The molecule has 1 amide bonds. The van der Waals surface area contributed by atoms with Gasteiger partial charge in [0.2, 0.25) is 5.88 Å². The number of nitrogens with one attached hydrogen (secondary N) is 1. The molecule has 122 valence electrons. The monoisotopic (exact) mass is 334 g/mol. The molecule has 0 atom stereocenters. The summed E-state index contributed by atoms with van der Waals surface area (Å²) >= 11 is 1.63. The second-order valence-corrected chi connectivity index (χ2v) is 5.87. The van der Waals surface area contributed by atoms with Crippen molar-refractivity contribution in [2.45, 2.75) is 18.2 Å². The fourth-order valence-corrected chi connectivity index (χ4v) is 2.76. The standard InChI is InChI=1S/C17H19FN2O2S/c1-2-22-17-15(5-3-10-20-17)16(21)19-11-4-12-23-14-8-6-13(18)7-9-14/h3,5-10H,2,4,11-12H2,1H3,(H,19,21). The Balaban J connectivity index is 1.73. The molecule has 0 radical (unpaired) electrons. The van der Waals surface area contributed by atoms with Crippen LogP contribution in [0, 0.1) is 5.82 Å². The lowest BCUT2D eigenvalue weighted by atomic mass is 10.2. The number of hydrogen-bond acceptors (Lipinski definition) is 4. The number of rotatable bonds is 8. The molecule has 23 heavy (non-hydrogen) atoms. The molecule has 1 aromatic carbocycles. The Labute approximate surface area is 139 Å². The molecule has 0 unspecified atom stereocenters. The average molecular weight is 334 g/mol. The van der Waals surface area contributed by atoms with Crippen LogP contribution in [0.2, 0.25) is 0 Å². The summed E-state index contributed by atoms with van der Waals surface area (Å²) in [4.78, 5) is 17.2. The highest BCUT2D eigenvalue weighted by atomic mass is 32.2. The van der Waals surface area contributed by atoms with E-state index in [0.29, 0.717) is 24.6 Å². The molecule has 0 spiro atoms. The van der Waals surface area contributed by atoms with Crippen LogP contribution >= 0.6 is 11.8 Å². The van der Waals surface area contributed by atoms with Gasteiger partial charge in [0.05, 0.1) is 6.61 Å². The van der Waals surface area contributed by atoms with Gasteiger partial charge in [-0.05, 0) is 55.5 Å². The zero-order valence-corrected chi connectivity index (χ0v) is 13.7. The van der Waals surface area contributed by atoms with Crippen molar-refractivity contribution in [1.29, 1.82) is 0 Å². The number of pyridine rings is 1. The summed E-state index contributed by atoms with van der Waals surface area (Å²) in [5, 5.41) is 2.86. The predicted molar refractivity (Wildman–Crippen MR) is 89.5 cm³/mol. The maximum Gasteiger partial charge on any atom is 0.256 e. The number of nitrogens with zero attached hydrogens (tertiary/aromatic N) is 1. The summed E-state index contributed by atoms with van der Waals surface area (Å²) in [5.41, 5.74) is 0.445. The first-order chi connectivity index (χ1) is 11.2. The lowest BCUT2D eigenvalue weighted by molar-refractivity contribution is 0.0949. The Morgan fingerprint density at radius 2 is 2.09 bits per heavy atom. The number of benzene rings is 1. The number of ether oxygens (including phenoxy) is 1. The van der Waals surface area contributed by atoms with Gasteiger partial charge in [0.25, 0.3) is 5.91 Å². The quantitative estimate of drug-likeness (QED) is 0.593. The van der Waals surface area contributed by atoms with E-state index in [1.807, 2.05) is 6.92 Å². The van der Waals surface area contributed by atoms with Crippen LogP contribution in [-0.2, 0) is 0 Å². The van der Waals surface area contributed by atoms with Crippen LogP contribution in [0.1, 0.15) is 23.7 Å². The smallest absolute Gasteiger partial charge is 0.256 e. The van der Waals surface area contributed by atoms with Gasteiger partial charge in [0, 0.05) is 17.6 Å². The first kappa shape index (κ1) is 17.3. The number of carbonyl (C=O) groups excluding carboxylic acids is 1. The molecule has 2 rings (SSSR count). The van der Waals surface area contributed by atoms with Crippen LogP contribution in [-0.4, -0.2) is 29.8 Å². The zero-order chi connectivity index (χ0) is 16.5. The van der Waals surface area contributed by atoms with Crippen molar-refractivity contribution < 1.29 is 13.9 Å². The molecule has 0 aliphatic heterocycles. The summed E-state index contributed by atoms with van der Waals surface area (Å²) in [6.45, 7) is 2.88. The van der Waals surface area contributed by atoms with Gasteiger partial charge in [-0.15, -0.1) is 11.8 Å². The van der Waals surface area contributed by atoms with Gasteiger partial charge >= 0.3 is 0 Å². The van der Waals surface area contributed by atoms with Gasteiger partial charge in [0.15, 0.2) is 0 Å². The van der Waals surface area contributed by atoms with Crippen molar-refractivity contribution in [1.82, 2.24) is 10.3 Å². The lowest BCUT2D eigenvalue weighted by Gasteiger charge is -2.09. The van der Waals surface area contributed by atoms with Crippen LogP contribution in [0.25, 0.3) is 0 Å². The lowest BCUT2D eigenvalue weighted by Crippen LogP contribution is -2.25. The number of thioether (sulfide) groups is 1. The van der Waals surface area contributed by atoms with E-state index in [1.54, 1.807) is 42.2 Å². The molecule has 1 heterocycles. The highest BCUT2D eigenvalue weighted by Crippen LogP contribution is 2.18. The Kier molecular flexibility index (Phi) is 6.87. The maximum atomic E-state index is 12.8.